The summed E-state index contributed by atoms with van der Waals surface area (Å²) < 4.78 is 0. The molecule has 1 aliphatic carbocycles. The topological polar surface area (TPSA) is 79.6 Å². The van der Waals surface area contributed by atoms with Crippen molar-refractivity contribution in [1.29, 1.82) is 0 Å². The van der Waals surface area contributed by atoms with Gasteiger partial charge in [-0.25, -0.2) is 0 Å². The highest BCUT2D eigenvalue weighted by molar-refractivity contribution is 7.80. The van der Waals surface area contributed by atoms with Gasteiger partial charge in [0.05, 0.1) is 10.6 Å². The summed E-state index contributed by atoms with van der Waals surface area (Å²) in [5.74, 6) is 0.602. The third kappa shape index (κ3) is 4.99. The van der Waals surface area contributed by atoms with Crippen molar-refractivity contribution < 1.29 is 4.92 Å². The first-order valence-electron chi connectivity index (χ1n) is 7.83. The van der Waals surface area contributed by atoms with Gasteiger partial charge in [0.25, 0.3) is 5.69 Å². The molecule has 0 spiro atoms. The van der Waals surface area contributed by atoms with Crippen LogP contribution in [0.25, 0.3) is 0 Å². The van der Waals surface area contributed by atoms with Crippen LogP contribution >= 0.6 is 12.2 Å². The Morgan fingerprint density at radius 3 is 2.83 bits per heavy atom. The third-order valence-electron chi connectivity index (χ3n) is 4.23. The molecule has 0 aromatic heterocycles. The number of nitrogens with zero attached hydrogens (tertiary/aromatic N) is 2. The summed E-state index contributed by atoms with van der Waals surface area (Å²) in [5.41, 5.74) is 4.23. The quantitative estimate of drug-likeness (QED) is 0.382. The standard InChI is InChI=1S/C16H22N4O2S/c1-11-6-3-4-9-15(11)17-16(23)19-18-12(2)13-7-5-8-14(10-13)20(21)22/h5,7-8,10-11,15H,3-4,6,9H2,1-2H3,(H2,17,19,23)/b18-12-/t11-,15+/m1/s1. The number of benzene rings is 1. The second-order valence-corrected chi connectivity index (χ2v) is 6.37. The van der Waals surface area contributed by atoms with Gasteiger partial charge in [-0.3, -0.25) is 15.5 Å². The van der Waals surface area contributed by atoms with E-state index in [1.807, 2.05) is 0 Å². The highest BCUT2D eigenvalue weighted by Gasteiger charge is 2.21. The van der Waals surface area contributed by atoms with Crippen molar-refractivity contribution in [3.05, 3.63) is 39.9 Å². The number of hydrogen-bond donors (Lipinski definition) is 2. The van der Waals surface area contributed by atoms with Crippen LogP contribution in [0.5, 0.6) is 0 Å². The van der Waals surface area contributed by atoms with E-state index in [0.717, 1.165) is 6.42 Å². The first-order chi connectivity index (χ1) is 11.0. The number of hydrazone groups is 1. The Bertz CT molecular complexity index is 618. The molecule has 2 N–H and O–H groups in total. The van der Waals surface area contributed by atoms with Crippen LogP contribution in [-0.4, -0.2) is 21.8 Å². The molecule has 2 atom stereocenters. The fraction of sp³-hybridized carbons (Fsp3) is 0.500. The molecular weight excluding hydrogens is 312 g/mol. The molecule has 0 radical (unpaired) electrons. The summed E-state index contributed by atoms with van der Waals surface area (Å²) >= 11 is 5.29. The minimum atomic E-state index is -0.416. The van der Waals surface area contributed by atoms with Crippen molar-refractivity contribution >= 4 is 28.7 Å². The average molecular weight is 334 g/mol. The minimum absolute atomic E-state index is 0.0498. The molecule has 2 rings (SSSR count). The van der Waals surface area contributed by atoms with E-state index < -0.39 is 4.92 Å². The molecule has 0 saturated heterocycles. The maximum Gasteiger partial charge on any atom is 0.270 e. The lowest BCUT2D eigenvalue weighted by Gasteiger charge is -2.30. The molecule has 1 aromatic carbocycles. The average Bonchev–Trinajstić information content (AvgIpc) is 2.55. The van der Waals surface area contributed by atoms with Crippen molar-refractivity contribution in [2.75, 3.05) is 0 Å². The minimum Gasteiger partial charge on any atom is -0.358 e. The molecule has 0 amide bonds. The Hall–Kier alpha value is -2.02. The number of hydrogen-bond acceptors (Lipinski definition) is 4. The highest BCUT2D eigenvalue weighted by Crippen LogP contribution is 2.23. The van der Waals surface area contributed by atoms with Crippen LogP contribution in [0, 0.1) is 16.0 Å². The summed E-state index contributed by atoms with van der Waals surface area (Å²) in [5, 5.41) is 18.8. The van der Waals surface area contributed by atoms with Crippen molar-refractivity contribution in [1.82, 2.24) is 10.7 Å². The first-order valence-corrected chi connectivity index (χ1v) is 8.24. The van der Waals surface area contributed by atoms with E-state index in [1.54, 1.807) is 19.1 Å². The van der Waals surface area contributed by atoms with E-state index in [2.05, 4.69) is 22.8 Å². The summed E-state index contributed by atoms with van der Waals surface area (Å²) in [4.78, 5) is 10.4. The van der Waals surface area contributed by atoms with Gasteiger partial charge in [0.2, 0.25) is 0 Å². The zero-order valence-corrected chi connectivity index (χ0v) is 14.2. The van der Waals surface area contributed by atoms with Gasteiger partial charge in [-0.1, -0.05) is 31.9 Å². The van der Waals surface area contributed by atoms with Crippen molar-refractivity contribution in [2.45, 2.75) is 45.6 Å². The van der Waals surface area contributed by atoms with Crippen LogP contribution in [0.1, 0.15) is 45.1 Å². The van der Waals surface area contributed by atoms with Crippen LogP contribution in [-0.2, 0) is 0 Å². The molecule has 1 aliphatic rings. The Morgan fingerprint density at radius 2 is 2.13 bits per heavy atom. The number of nitro groups is 1. The van der Waals surface area contributed by atoms with Crippen molar-refractivity contribution in [2.24, 2.45) is 11.0 Å². The van der Waals surface area contributed by atoms with Crippen LogP contribution < -0.4 is 10.7 Å². The Morgan fingerprint density at radius 1 is 1.39 bits per heavy atom. The predicted octanol–water partition coefficient (Wildman–Crippen LogP) is 3.36. The number of nitrogens with one attached hydrogen (secondary N) is 2. The molecule has 0 heterocycles. The molecule has 23 heavy (non-hydrogen) atoms. The van der Waals surface area contributed by atoms with Crippen LogP contribution in [0.2, 0.25) is 0 Å². The second-order valence-electron chi connectivity index (χ2n) is 5.96. The Labute approximate surface area is 141 Å². The molecule has 0 aliphatic heterocycles. The zero-order valence-electron chi connectivity index (χ0n) is 13.4. The number of nitro benzene ring substituents is 1. The fourth-order valence-corrected chi connectivity index (χ4v) is 2.97. The van der Waals surface area contributed by atoms with Gasteiger partial charge in [-0.2, -0.15) is 5.10 Å². The number of rotatable bonds is 4. The molecule has 124 valence electrons. The van der Waals surface area contributed by atoms with Crippen molar-refractivity contribution in [3.63, 3.8) is 0 Å². The number of non-ortho nitro benzene ring substituents is 1. The SMILES string of the molecule is C/C(=N/NC(=S)N[C@H]1CCCC[C@H]1C)c1cccc([N+](=O)[O-])c1. The van der Waals surface area contributed by atoms with E-state index in [9.17, 15) is 10.1 Å². The smallest absolute Gasteiger partial charge is 0.270 e. The molecule has 1 fully saturated rings. The maximum atomic E-state index is 10.8. The van der Waals surface area contributed by atoms with E-state index in [-0.39, 0.29) is 5.69 Å². The van der Waals surface area contributed by atoms with Crippen LogP contribution in [0.3, 0.4) is 0 Å². The zero-order chi connectivity index (χ0) is 16.8. The monoisotopic (exact) mass is 334 g/mol. The Balaban J connectivity index is 1.94. The maximum absolute atomic E-state index is 10.8. The third-order valence-corrected chi connectivity index (χ3v) is 4.44. The summed E-state index contributed by atoms with van der Waals surface area (Å²) in [6, 6.07) is 6.78. The molecule has 1 saturated carbocycles. The van der Waals surface area contributed by atoms with Gasteiger partial charge in [0.15, 0.2) is 5.11 Å². The summed E-state index contributed by atoms with van der Waals surface area (Å²) in [6.07, 6.45) is 4.84. The van der Waals surface area contributed by atoms with Gasteiger partial charge >= 0.3 is 0 Å². The molecule has 0 unspecified atom stereocenters. The molecule has 7 heteroatoms. The van der Waals surface area contributed by atoms with Gasteiger partial charge in [-0.15, -0.1) is 0 Å². The normalized spacial score (nSPS) is 21.6. The van der Waals surface area contributed by atoms with Gasteiger partial charge in [0.1, 0.15) is 0 Å². The lowest BCUT2D eigenvalue weighted by Crippen LogP contribution is -2.44. The second kappa shape index (κ2) is 8.01. The fourth-order valence-electron chi connectivity index (χ4n) is 2.78. The molecular formula is C16H22N4O2S. The van der Waals surface area contributed by atoms with Crippen LogP contribution in [0.15, 0.2) is 29.4 Å². The van der Waals surface area contributed by atoms with Gasteiger partial charge in [0, 0.05) is 23.7 Å². The molecule has 1 aromatic rings. The van der Waals surface area contributed by atoms with Gasteiger partial charge < -0.3 is 5.32 Å². The summed E-state index contributed by atoms with van der Waals surface area (Å²) in [6.45, 7) is 4.02. The largest absolute Gasteiger partial charge is 0.358 e. The van der Waals surface area contributed by atoms with E-state index in [4.69, 9.17) is 12.2 Å². The van der Waals surface area contributed by atoms with E-state index in [0.29, 0.717) is 28.3 Å². The van der Waals surface area contributed by atoms with E-state index >= 15 is 0 Å². The lowest BCUT2D eigenvalue weighted by atomic mass is 9.86. The van der Waals surface area contributed by atoms with Crippen molar-refractivity contribution in [3.8, 4) is 0 Å². The van der Waals surface area contributed by atoms with Crippen LogP contribution in [0.4, 0.5) is 5.69 Å². The highest BCUT2D eigenvalue weighted by atomic mass is 32.1. The van der Waals surface area contributed by atoms with E-state index in [1.165, 1.54) is 31.4 Å². The lowest BCUT2D eigenvalue weighted by molar-refractivity contribution is -0.384. The Kier molecular flexibility index (Phi) is 6.04. The van der Waals surface area contributed by atoms with Gasteiger partial charge in [-0.05, 0) is 37.9 Å². The number of thiocarbonyl (C=S) groups is 1. The summed E-state index contributed by atoms with van der Waals surface area (Å²) in [7, 11) is 0. The molecule has 6 nitrogen and oxygen atoms in total. The predicted molar refractivity (Wildman–Crippen MR) is 95.6 cm³/mol. The molecule has 0 bridgehead atoms. The first kappa shape index (κ1) is 17.3.